The zero-order valence-electron chi connectivity index (χ0n) is 12.9. The van der Waals surface area contributed by atoms with Gasteiger partial charge in [-0.1, -0.05) is 26.7 Å². The third-order valence-corrected chi connectivity index (χ3v) is 4.83. The van der Waals surface area contributed by atoms with Crippen LogP contribution < -0.4 is 5.73 Å². The first kappa shape index (κ1) is 13.5. The van der Waals surface area contributed by atoms with E-state index in [1.54, 1.807) is 0 Å². The van der Waals surface area contributed by atoms with Crippen LogP contribution in [0.4, 0.5) is 5.95 Å². The molecule has 0 bridgehead atoms. The summed E-state index contributed by atoms with van der Waals surface area (Å²) in [5.74, 6) is 2.00. The molecule has 5 heteroatoms. The van der Waals surface area contributed by atoms with Gasteiger partial charge in [0, 0.05) is 13.1 Å². The van der Waals surface area contributed by atoms with Crippen molar-refractivity contribution in [2.75, 3.05) is 5.73 Å². The second-order valence-electron chi connectivity index (χ2n) is 6.48. The summed E-state index contributed by atoms with van der Waals surface area (Å²) in [7, 11) is 1.99. The van der Waals surface area contributed by atoms with Crippen LogP contribution in [0.5, 0.6) is 0 Å². The van der Waals surface area contributed by atoms with Gasteiger partial charge in [-0.3, -0.25) is 9.25 Å². The van der Waals surface area contributed by atoms with Gasteiger partial charge in [0.2, 0.25) is 5.95 Å². The van der Waals surface area contributed by atoms with E-state index in [1.165, 1.54) is 25.7 Å². The number of fused-ring (bicyclic) bond motifs is 1. The summed E-state index contributed by atoms with van der Waals surface area (Å²) in [4.78, 5) is 4.56. The molecule has 2 N–H and O–H groups in total. The molecule has 0 amide bonds. The normalized spacial score (nSPS) is 23.9. The van der Waals surface area contributed by atoms with E-state index in [4.69, 9.17) is 5.73 Å². The van der Waals surface area contributed by atoms with Crippen LogP contribution >= 0.6 is 0 Å². The predicted molar refractivity (Wildman–Crippen MR) is 81.5 cm³/mol. The van der Waals surface area contributed by atoms with Gasteiger partial charge in [0.15, 0.2) is 5.65 Å². The highest BCUT2D eigenvalue weighted by atomic mass is 15.4. The molecule has 20 heavy (non-hydrogen) atoms. The Hall–Kier alpha value is -1.52. The lowest BCUT2D eigenvalue weighted by molar-refractivity contribution is 0.188. The fourth-order valence-corrected chi connectivity index (χ4v) is 3.88. The van der Waals surface area contributed by atoms with Crippen molar-refractivity contribution >= 4 is 17.1 Å². The summed E-state index contributed by atoms with van der Waals surface area (Å²) >= 11 is 0. The molecule has 0 aromatic carbocycles. The predicted octanol–water partition coefficient (Wildman–Crippen LogP) is 3.05. The monoisotopic (exact) mass is 275 g/mol. The van der Waals surface area contributed by atoms with E-state index in [9.17, 15) is 0 Å². The maximum Gasteiger partial charge on any atom is 0.202 e. The molecule has 2 aromatic rings. The number of aromatic nitrogens is 4. The fraction of sp³-hybridized carbons (Fsp3) is 0.733. The van der Waals surface area contributed by atoms with Gasteiger partial charge in [-0.15, -0.1) is 0 Å². The average Bonchev–Trinajstić information content (AvgIpc) is 2.88. The topological polar surface area (TPSA) is 61.7 Å². The maximum absolute atomic E-state index is 6.24. The highest BCUT2D eigenvalue weighted by Gasteiger charge is 2.32. The molecule has 0 spiro atoms. The Kier molecular flexibility index (Phi) is 3.22. The minimum Gasteiger partial charge on any atom is -0.369 e. The van der Waals surface area contributed by atoms with Crippen LogP contribution in [0.2, 0.25) is 0 Å². The van der Waals surface area contributed by atoms with Crippen LogP contribution in [-0.2, 0) is 7.05 Å². The molecule has 2 heterocycles. The minimum atomic E-state index is 0.462. The summed E-state index contributed by atoms with van der Waals surface area (Å²) in [5, 5.41) is 4.49. The van der Waals surface area contributed by atoms with Gasteiger partial charge < -0.3 is 5.73 Å². The van der Waals surface area contributed by atoms with Gasteiger partial charge in [-0.05, 0) is 31.6 Å². The van der Waals surface area contributed by atoms with Gasteiger partial charge in [0.25, 0.3) is 0 Å². The summed E-state index contributed by atoms with van der Waals surface area (Å²) in [6.45, 7) is 6.64. The molecule has 5 nitrogen and oxygen atoms in total. The van der Waals surface area contributed by atoms with E-state index in [0.717, 1.165) is 16.9 Å². The minimum absolute atomic E-state index is 0.462. The highest BCUT2D eigenvalue weighted by molar-refractivity contribution is 5.77. The molecule has 0 aliphatic heterocycles. The van der Waals surface area contributed by atoms with Crippen molar-refractivity contribution in [3.05, 3.63) is 5.69 Å². The van der Waals surface area contributed by atoms with Crippen LogP contribution in [0.3, 0.4) is 0 Å². The zero-order chi connectivity index (χ0) is 14.4. The summed E-state index contributed by atoms with van der Waals surface area (Å²) < 4.78 is 4.18. The molecule has 2 aromatic heterocycles. The van der Waals surface area contributed by atoms with Crippen LogP contribution in [0, 0.1) is 18.8 Å². The number of hydrogen-bond donors (Lipinski definition) is 1. The zero-order valence-corrected chi connectivity index (χ0v) is 12.9. The lowest BCUT2D eigenvalue weighted by Gasteiger charge is -2.35. The summed E-state index contributed by atoms with van der Waals surface area (Å²) in [6.07, 6.45) is 5.10. The first-order chi connectivity index (χ1) is 9.50. The van der Waals surface area contributed by atoms with E-state index in [-0.39, 0.29) is 0 Å². The number of nitrogens with zero attached hydrogens (tertiary/aromatic N) is 4. The standard InChI is InChI=1S/C15H25N5/c1-9(2)11-7-5-6-8-12(11)20-14-13(17-15(20)16)10(3)18-19(14)4/h9,11-12H,5-8H2,1-4H3,(H2,16,17). The van der Waals surface area contributed by atoms with E-state index < -0.39 is 0 Å². The molecule has 1 aliphatic carbocycles. The number of rotatable bonds is 2. The van der Waals surface area contributed by atoms with Gasteiger partial charge >= 0.3 is 0 Å². The molecular weight excluding hydrogens is 250 g/mol. The molecule has 0 saturated heterocycles. The van der Waals surface area contributed by atoms with Crippen LogP contribution in [0.1, 0.15) is 51.3 Å². The van der Waals surface area contributed by atoms with Crippen molar-refractivity contribution in [1.29, 1.82) is 0 Å². The van der Waals surface area contributed by atoms with Gasteiger partial charge in [0.1, 0.15) is 5.52 Å². The van der Waals surface area contributed by atoms with E-state index in [2.05, 4.69) is 28.5 Å². The Morgan fingerprint density at radius 3 is 2.65 bits per heavy atom. The average molecular weight is 275 g/mol. The van der Waals surface area contributed by atoms with Crippen molar-refractivity contribution in [2.24, 2.45) is 18.9 Å². The smallest absolute Gasteiger partial charge is 0.202 e. The molecule has 2 unspecified atom stereocenters. The first-order valence-corrected chi connectivity index (χ1v) is 7.67. The largest absolute Gasteiger partial charge is 0.369 e. The number of anilines is 1. The Morgan fingerprint density at radius 2 is 1.95 bits per heavy atom. The third kappa shape index (κ3) is 1.91. The van der Waals surface area contributed by atoms with Crippen LogP contribution in [0.25, 0.3) is 11.2 Å². The fourth-order valence-electron chi connectivity index (χ4n) is 3.88. The summed E-state index contributed by atoms with van der Waals surface area (Å²) in [5.41, 5.74) is 9.24. The molecule has 1 fully saturated rings. The van der Waals surface area contributed by atoms with Crippen molar-refractivity contribution < 1.29 is 0 Å². The second-order valence-corrected chi connectivity index (χ2v) is 6.48. The lowest BCUT2D eigenvalue weighted by Crippen LogP contribution is -2.28. The molecule has 1 aliphatic rings. The van der Waals surface area contributed by atoms with Crippen molar-refractivity contribution in [3.8, 4) is 0 Å². The van der Waals surface area contributed by atoms with Gasteiger partial charge in [0.05, 0.1) is 5.69 Å². The van der Waals surface area contributed by atoms with Crippen molar-refractivity contribution in [3.63, 3.8) is 0 Å². The van der Waals surface area contributed by atoms with Crippen LogP contribution in [0.15, 0.2) is 0 Å². The maximum atomic E-state index is 6.24. The van der Waals surface area contributed by atoms with Gasteiger partial charge in [-0.25, -0.2) is 4.98 Å². The lowest BCUT2D eigenvalue weighted by atomic mass is 9.77. The van der Waals surface area contributed by atoms with Gasteiger partial charge in [-0.2, -0.15) is 5.10 Å². The Labute approximate surface area is 120 Å². The van der Waals surface area contributed by atoms with E-state index in [0.29, 0.717) is 23.8 Å². The van der Waals surface area contributed by atoms with E-state index in [1.807, 2.05) is 18.7 Å². The van der Waals surface area contributed by atoms with E-state index >= 15 is 0 Å². The van der Waals surface area contributed by atoms with Crippen molar-refractivity contribution in [1.82, 2.24) is 19.3 Å². The first-order valence-electron chi connectivity index (χ1n) is 7.67. The molecular formula is C15H25N5. The number of nitrogens with two attached hydrogens (primary N) is 1. The number of hydrogen-bond acceptors (Lipinski definition) is 3. The molecule has 0 radical (unpaired) electrons. The Morgan fingerprint density at radius 1 is 1.25 bits per heavy atom. The summed E-state index contributed by atoms with van der Waals surface area (Å²) in [6, 6.07) is 0.462. The number of imidazole rings is 1. The third-order valence-electron chi connectivity index (χ3n) is 4.83. The quantitative estimate of drug-likeness (QED) is 0.916. The molecule has 2 atom stereocenters. The second kappa shape index (κ2) is 4.79. The van der Waals surface area contributed by atoms with Crippen LogP contribution in [-0.4, -0.2) is 19.3 Å². The van der Waals surface area contributed by atoms with Crippen molar-refractivity contribution in [2.45, 2.75) is 52.5 Å². The Balaban J connectivity index is 2.14. The number of nitrogen functional groups attached to an aromatic ring is 1. The molecule has 1 saturated carbocycles. The molecule has 3 rings (SSSR count). The Bertz CT molecular complexity index is 622. The SMILES string of the molecule is Cc1nn(C)c2c1nc(N)n2C1CCCCC1C(C)C. The number of aryl methyl sites for hydroxylation is 2. The molecule has 110 valence electrons. The highest BCUT2D eigenvalue weighted by Crippen LogP contribution is 2.41.